The zero-order valence-corrected chi connectivity index (χ0v) is 20.2. The van der Waals surface area contributed by atoms with Gasteiger partial charge in [0.05, 0.1) is 11.6 Å². The standard InChI is InChI=1S/C23H26BrFN4O4/c1-23(2,3)33-22(32)29-11-5-6-14(13-29)20(30)28-17-10-9-15(12-16(17)25)26-21(31)18-7-4-8-19(24)27-18/h4,7-10,12,14H,5-6,11,13H2,1-3H3,(H,26,31)(H,28,30). The van der Waals surface area contributed by atoms with Gasteiger partial charge in [0.2, 0.25) is 5.91 Å². The smallest absolute Gasteiger partial charge is 0.410 e. The summed E-state index contributed by atoms with van der Waals surface area (Å²) in [7, 11) is 0. The largest absolute Gasteiger partial charge is 0.444 e. The molecule has 2 heterocycles. The number of benzene rings is 1. The van der Waals surface area contributed by atoms with E-state index >= 15 is 0 Å². The molecule has 1 aliphatic heterocycles. The molecular weight excluding hydrogens is 495 g/mol. The van der Waals surface area contributed by atoms with Gasteiger partial charge in [-0.15, -0.1) is 0 Å². The van der Waals surface area contributed by atoms with Crippen molar-refractivity contribution in [3.8, 4) is 0 Å². The fourth-order valence-corrected chi connectivity index (χ4v) is 3.69. The lowest BCUT2D eigenvalue weighted by atomic mass is 9.97. The van der Waals surface area contributed by atoms with Gasteiger partial charge in [-0.3, -0.25) is 9.59 Å². The van der Waals surface area contributed by atoms with E-state index in [9.17, 15) is 18.8 Å². The Kier molecular flexibility index (Phi) is 7.68. The zero-order valence-electron chi connectivity index (χ0n) is 18.7. The Balaban J connectivity index is 1.60. The van der Waals surface area contributed by atoms with Crippen molar-refractivity contribution in [3.63, 3.8) is 0 Å². The van der Waals surface area contributed by atoms with E-state index < -0.39 is 29.3 Å². The van der Waals surface area contributed by atoms with Crippen molar-refractivity contribution in [1.82, 2.24) is 9.88 Å². The number of piperidine rings is 1. The number of hydrogen-bond acceptors (Lipinski definition) is 5. The highest BCUT2D eigenvalue weighted by molar-refractivity contribution is 9.10. The monoisotopic (exact) mass is 520 g/mol. The average molecular weight is 521 g/mol. The number of amides is 3. The number of pyridine rings is 1. The molecule has 176 valence electrons. The molecule has 8 nitrogen and oxygen atoms in total. The van der Waals surface area contributed by atoms with Gasteiger partial charge < -0.3 is 20.3 Å². The minimum Gasteiger partial charge on any atom is -0.444 e. The molecule has 0 aliphatic carbocycles. The van der Waals surface area contributed by atoms with Gasteiger partial charge in [-0.25, -0.2) is 14.2 Å². The number of ether oxygens (including phenoxy) is 1. The Labute approximate surface area is 200 Å². The minimum atomic E-state index is -0.692. The highest BCUT2D eigenvalue weighted by Gasteiger charge is 2.31. The Morgan fingerprint density at radius 2 is 1.94 bits per heavy atom. The normalized spacial score (nSPS) is 16.2. The second kappa shape index (κ2) is 10.3. The number of nitrogens with one attached hydrogen (secondary N) is 2. The van der Waals surface area contributed by atoms with Crippen LogP contribution < -0.4 is 10.6 Å². The van der Waals surface area contributed by atoms with Gasteiger partial charge in [0.15, 0.2) is 0 Å². The predicted molar refractivity (Wildman–Crippen MR) is 125 cm³/mol. The first-order chi connectivity index (χ1) is 15.5. The maximum atomic E-state index is 14.6. The molecule has 0 saturated carbocycles. The molecule has 1 saturated heterocycles. The van der Waals surface area contributed by atoms with E-state index in [2.05, 4.69) is 31.5 Å². The van der Waals surface area contributed by atoms with Crippen LogP contribution in [0.5, 0.6) is 0 Å². The molecule has 0 spiro atoms. The maximum absolute atomic E-state index is 14.6. The summed E-state index contributed by atoms with van der Waals surface area (Å²) in [5.74, 6) is -2.04. The molecule has 1 unspecified atom stereocenters. The van der Waals surface area contributed by atoms with Gasteiger partial charge in [0.1, 0.15) is 21.7 Å². The van der Waals surface area contributed by atoms with Gasteiger partial charge in [0, 0.05) is 18.8 Å². The number of hydrogen-bond donors (Lipinski definition) is 2. The summed E-state index contributed by atoms with van der Waals surface area (Å²) in [6, 6.07) is 8.89. The van der Waals surface area contributed by atoms with Crippen LogP contribution in [0.3, 0.4) is 0 Å². The average Bonchev–Trinajstić information content (AvgIpc) is 2.74. The van der Waals surface area contributed by atoms with Crippen molar-refractivity contribution in [2.45, 2.75) is 39.2 Å². The molecule has 3 amide bonds. The van der Waals surface area contributed by atoms with E-state index in [0.717, 1.165) is 6.07 Å². The zero-order chi connectivity index (χ0) is 24.2. The van der Waals surface area contributed by atoms with Crippen molar-refractivity contribution in [3.05, 3.63) is 52.5 Å². The molecule has 1 aromatic heterocycles. The molecule has 10 heteroatoms. The van der Waals surface area contributed by atoms with Crippen molar-refractivity contribution in [1.29, 1.82) is 0 Å². The molecule has 2 N–H and O–H groups in total. The Morgan fingerprint density at radius 3 is 2.61 bits per heavy atom. The number of rotatable bonds is 4. The van der Waals surface area contributed by atoms with Crippen LogP contribution in [-0.2, 0) is 9.53 Å². The van der Waals surface area contributed by atoms with Crippen LogP contribution in [0.15, 0.2) is 41.0 Å². The summed E-state index contributed by atoms with van der Waals surface area (Å²) >= 11 is 3.20. The molecule has 3 rings (SSSR count). The molecule has 33 heavy (non-hydrogen) atoms. The maximum Gasteiger partial charge on any atom is 0.410 e. The number of nitrogens with zero attached hydrogens (tertiary/aromatic N) is 2. The van der Waals surface area contributed by atoms with Crippen LogP contribution in [0.1, 0.15) is 44.1 Å². The van der Waals surface area contributed by atoms with E-state index in [1.807, 2.05) is 0 Å². The lowest BCUT2D eigenvalue weighted by Crippen LogP contribution is -2.45. The van der Waals surface area contributed by atoms with Crippen LogP contribution >= 0.6 is 15.9 Å². The predicted octanol–water partition coefficient (Wildman–Crippen LogP) is 4.82. The first-order valence-electron chi connectivity index (χ1n) is 10.5. The Bertz CT molecular complexity index is 1060. The molecular formula is C23H26BrFN4O4. The minimum absolute atomic E-state index is 0.00651. The Morgan fingerprint density at radius 1 is 1.18 bits per heavy atom. The van der Waals surface area contributed by atoms with E-state index in [1.54, 1.807) is 32.9 Å². The van der Waals surface area contributed by atoms with Gasteiger partial charge in [-0.05, 0) is 79.9 Å². The van der Waals surface area contributed by atoms with E-state index in [0.29, 0.717) is 24.0 Å². The highest BCUT2D eigenvalue weighted by Crippen LogP contribution is 2.24. The number of likely N-dealkylation sites (tertiary alicyclic amines) is 1. The lowest BCUT2D eigenvalue weighted by Gasteiger charge is -2.33. The van der Waals surface area contributed by atoms with Crippen molar-refractivity contribution in [2.75, 3.05) is 23.7 Å². The number of anilines is 2. The van der Waals surface area contributed by atoms with Gasteiger partial charge in [0.25, 0.3) is 5.91 Å². The van der Waals surface area contributed by atoms with Crippen LogP contribution in [0, 0.1) is 11.7 Å². The first kappa shape index (κ1) is 24.6. The van der Waals surface area contributed by atoms with Gasteiger partial charge in [-0.2, -0.15) is 0 Å². The van der Waals surface area contributed by atoms with Crippen molar-refractivity contribution < 1.29 is 23.5 Å². The first-order valence-corrected chi connectivity index (χ1v) is 11.3. The highest BCUT2D eigenvalue weighted by atomic mass is 79.9. The van der Waals surface area contributed by atoms with E-state index in [1.165, 1.54) is 23.1 Å². The number of carbonyl (C=O) groups excluding carboxylic acids is 3. The third-order valence-electron chi connectivity index (χ3n) is 4.88. The topological polar surface area (TPSA) is 101 Å². The number of carbonyl (C=O) groups is 3. The molecule has 1 atom stereocenters. The number of aromatic nitrogens is 1. The summed E-state index contributed by atoms with van der Waals surface area (Å²) < 4.78 is 20.5. The fourth-order valence-electron chi connectivity index (χ4n) is 3.34. The fraction of sp³-hybridized carbons (Fsp3) is 0.391. The molecule has 1 aromatic carbocycles. The molecule has 1 aliphatic rings. The van der Waals surface area contributed by atoms with Crippen LogP contribution in [0.25, 0.3) is 0 Å². The van der Waals surface area contributed by atoms with Crippen molar-refractivity contribution >= 4 is 45.2 Å². The molecule has 1 fully saturated rings. The van der Waals surface area contributed by atoms with E-state index in [-0.39, 0.29) is 29.5 Å². The summed E-state index contributed by atoms with van der Waals surface area (Å²) in [6.45, 7) is 6.06. The molecule has 2 aromatic rings. The van der Waals surface area contributed by atoms with E-state index in [4.69, 9.17) is 4.74 Å². The number of halogens is 2. The Hall–Kier alpha value is -3.01. The second-order valence-corrected chi connectivity index (χ2v) is 9.56. The van der Waals surface area contributed by atoms with Gasteiger partial charge >= 0.3 is 6.09 Å². The third kappa shape index (κ3) is 6.98. The van der Waals surface area contributed by atoms with Crippen LogP contribution in [-0.4, -0.2) is 46.5 Å². The third-order valence-corrected chi connectivity index (χ3v) is 5.32. The second-order valence-electron chi connectivity index (χ2n) is 8.75. The lowest BCUT2D eigenvalue weighted by molar-refractivity contribution is -0.121. The summed E-state index contributed by atoms with van der Waals surface area (Å²) in [5.41, 5.74) is -0.229. The SMILES string of the molecule is CC(C)(C)OC(=O)N1CCCC(C(=O)Nc2ccc(NC(=O)c3cccc(Br)n3)cc2F)C1. The molecule has 0 bridgehead atoms. The van der Waals surface area contributed by atoms with Crippen LogP contribution in [0.2, 0.25) is 0 Å². The summed E-state index contributed by atoms with van der Waals surface area (Å²) in [6.07, 6.45) is 0.765. The van der Waals surface area contributed by atoms with Crippen molar-refractivity contribution in [2.24, 2.45) is 5.92 Å². The molecule has 0 radical (unpaired) electrons. The van der Waals surface area contributed by atoms with Gasteiger partial charge in [-0.1, -0.05) is 6.07 Å². The quantitative estimate of drug-likeness (QED) is 0.562. The summed E-state index contributed by atoms with van der Waals surface area (Å²) in [4.78, 5) is 42.9. The van der Waals surface area contributed by atoms with Crippen LogP contribution in [0.4, 0.5) is 20.6 Å². The summed E-state index contributed by atoms with van der Waals surface area (Å²) in [5, 5.41) is 5.16.